The minimum Gasteiger partial charge on any atom is -0.341 e. The minimum absolute atomic E-state index is 0.173. The van der Waals surface area contributed by atoms with E-state index in [9.17, 15) is 4.79 Å². The number of amides is 1. The van der Waals surface area contributed by atoms with Crippen LogP contribution in [-0.4, -0.2) is 62.0 Å². The maximum atomic E-state index is 11.6. The first-order valence-electron chi connectivity index (χ1n) is 5.02. The number of likely N-dealkylation sites (N-methyl/N-ethyl adjacent to an activating group) is 1. The van der Waals surface area contributed by atoms with Crippen molar-refractivity contribution in [2.75, 3.05) is 46.3 Å². The third kappa shape index (κ3) is 3.47. The highest BCUT2D eigenvalue weighted by atomic mass is 16.2. The first-order valence-corrected chi connectivity index (χ1v) is 5.02. The van der Waals surface area contributed by atoms with Gasteiger partial charge in [-0.15, -0.1) is 6.58 Å². The second-order valence-electron chi connectivity index (χ2n) is 3.59. The van der Waals surface area contributed by atoms with Crippen molar-refractivity contribution in [3.05, 3.63) is 12.7 Å². The van der Waals surface area contributed by atoms with Crippen LogP contribution in [-0.2, 0) is 4.79 Å². The molecule has 1 aliphatic rings. The van der Waals surface area contributed by atoms with Crippen molar-refractivity contribution in [2.45, 2.75) is 0 Å². The van der Waals surface area contributed by atoms with Gasteiger partial charge in [0.25, 0.3) is 0 Å². The SMILES string of the molecule is C=CCN(C)C(=O)CN1CCNCC1. The van der Waals surface area contributed by atoms with Crippen molar-refractivity contribution in [1.82, 2.24) is 15.1 Å². The molecule has 0 saturated carbocycles. The first-order chi connectivity index (χ1) is 6.74. The van der Waals surface area contributed by atoms with Crippen LogP contribution in [0, 0.1) is 0 Å². The van der Waals surface area contributed by atoms with Crippen LogP contribution in [0.15, 0.2) is 12.7 Å². The molecule has 0 radical (unpaired) electrons. The zero-order valence-electron chi connectivity index (χ0n) is 8.83. The average molecular weight is 197 g/mol. The summed E-state index contributed by atoms with van der Waals surface area (Å²) in [6.45, 7) is 8.68. The number of carbonyl (C=O) groups is 1. The maximum absolute atomic E-state index is 11.6. The lowest BCUT2D eigenvalue weighted by molar-refractivity contribution is -0.130. The highest BCUT2D eigenvalue weighted by Gasteiger charge is 2.15. The molecular weight excluding hydrogens is 178 g/mol. The Morgan fingerprint density at radius 1 is 1.57 bits per heavy atom. The van der Waals surface area contributed by atoms with Crippen molar-refractivity contribution < 1.29 is 4.79 Å². The molecule has 14 heavy (non-hydrogen) atoms. The molecule has 1 rings (SSSR count). The molecule has 80 valence electrons. The van der Waals surface area contributed by atoms with E-state index < -0.39 is 0 Å². The van der Waals surface area contributed by atoms with Crippen LogP contribution in [0.1, 0.15) is 0 Å². The van der Waals surface area contributed by atoms with Gasteiger partial charge in [-0.25, -0.2) is 0 Å². The lowest BCUT2D eigenvalue weighted by Crippen LogP contribution is -2.47. The van der Waals surface area contributed by atoms with Crippen molar-refractivity contribution in [1.29, 1.82) is 0 Å². The summed E-state index contributed by atoms with van der Waals surface area (Å²) in [7, 11) is 1.81. The van der Waals surface area contributed by atoms with E-state index in [1.54, 1.807) is 11.0 Å². The number of carbonyl (C=O) groups excluding carboxylic acids is 1. The Labute approximate surface area is 85.6 Å². The van der Waals surface area contributed by atoms with Crippen LogP contribution in [0.3, 0.4) is 0 Å². The summed E-state index contributed by atoms with van der Waals surface area (Å²) >= 11 is 0. The second kappa shape index (κ2) is 5.78. The summed E-state index contributed by atoms with van der Waals surface area (Å²) in [6.07, 6.45) is 1.75. The van der Waals surface area contributed by atoms with Gasteiger partial charge in [-0.05, 0) is 0 Å². The Kier molecular flexibility index (Phi) is 4.62. The fraction of sp³-hybridized carbons (Fsp3) is 0.700. The van der Waals surface area contributed by atoms with Crippen molar-refractivity contribution in [3.63, 3.8) is 0 Å². The molecule has 1 saturated heterocycles. The smallest absolute Gasteiger partial charge is 0.236 e. The normalized spacial score (nSPS) is 17.8. The van der Waals surface area contributed by atoms with Crippen LogP contribution < -0.4 is 5.32 Å². The Morgan fingerprint density at radius 2 is 2.21 bits per heavy atom. The lowest BCUT2D eigenvalue weighted by atomic mass is 10.3. The summed E-state index contributed by atoms with van der Waals surface area (Å²) < 4.78 is 0. The minimum atomic E-state index is 0.173. The van der Waals surface area contributed by atoms with Gasteiger partial charge in [-0.2, -0.15) is 0 Å². The fourth-order valence-electron chi connectivity index (χ4n) is 1.48. The van der Waals surface area contributed by atoms with Gasteiger partial charge in [0.2, 0.25) is 5.91 Å². The predicted octanol–water partition coefficient (Wildman–Crippen LogP) is -0.464. The van der Waals surface area contributed by atoms with Gasteiger partial charge in [0.1, 0.15) is 0 Å². The van der Waals surface area contributed by atoms with Gasteiger partial charge in [0, 0.05) is 39.8 Å². The van der Waals surface area contributed by atoms with E-state index in [1.165, 1.54) is 0 Å². The van der Waals surface area contributed by atoms with Gasteiger partial charge in [0.15, 0.2) is 0 Å². The van der Waals surface area contributed by atoms with E-state index in [-0.39, 0.29) is 5.91 Å². The summed E-state index contributed by atoms with van der Waals surface area (Å²) in [6, 6.07) is 0. The number of nitrogens with one attached hydrogen (secondary N) is 1. The van der Waals surface area contributed by atoms with Gasteiger partial charge < -0.3 is 10.2 Å². The molecule has 1 N–H and O–H groups in total. The van der Waals surface area contributed by atoms with Gasteiger partial charge in [-0.1, -0.05) is 6.08 Å². The number of piperazine rings is 1. The molecule has 0 aromatic rings. The molecule has 0 unspecified atom stereocenters. The number of hydrogen-bond acceptors (Lipinski definition) is 3. The Bertz CT molecular complexity index is 200. The molecule has 1 fully saturated rings. The lowest BCUT2D eigenvalue weighted by Gasteiger charge is -2.28. The van der Waals surface area contributed by atoms with Gasteiger partial charge >= 0.3 is 0 Å². The standard InChI is InChI=1S/C10H19N3O/c1-3-6-12(2)10(14)9-13-7-4-11-5-8-13/h3,11H,1,4-9H2,2H3. The molecule has 0 aliphatic carbocycles. The molecule has 4 heteroatoms. The van der Waals surface area contributed by atoms with E-state index in [1.807, 2.05) is 7.05 Å². The van der Waals surface area contributed by atoms with Crippen LogP contribution >= 0.6 is 0 Å². The molecule has 0 bridgehead atoms. The van der Waals surface area contributed by atoms with Crippen LogP contribution in [0.5, 0.6) is 0 Å². The third-order valence-corrected chi connectivity index (χ3v) is 2.40. The molecule has 0 aromatic carbocycles. The molecule has 1 aliphatic heterocycles. The van der Waals surface area contributed by atoms with Crippen LogP contribution in [0.2, 0.25) is 0 Å². The van der Waals surface area contributed by atoms with E-state index >= 15 is 0 Å². The van der Waals surface area contributed by atoms with E-state index in [2.05, 4.69) is 16.8 Å². The molecule has 4 nitrogen and oxygen atoms in total. The van der Waals surface area contributed by atoms with Crippen LogP contribution in [0.25, 0.3) is 0 Å². The maximum Gasteiger partial charge on any atom is 0.236 e. The summed E-state index contributed by atoms with van der Waals surface area (Å²) in [4.78, 5) is 15.5. The Hall–Kier alpha value is -0.870. The van der Waals surface area contributed by atoms with Crippen LogP contribution in [0.4, 0.5) is 0 Å². The molecule has 1 amide bonds. The zero-order chi connectivity index (χ0) is 10.4. The topological polar surface area (TPSA) is 35.6 Å². The van der Waals surface area contributed by atoms with Crippen molar-refractivity contribution in [3.8, 4) is 0 Å². The number of hydrogen-bond donors (Lipinski definition) is 1. The highest BCUT2D eigenvalue weighted by Crippen LogP contribution is 1.94. The molecule has 0 aromatic heterocycles. The summed E-state index contributed by atoms with van der Waals surface area (Å²) in [5.74, 6) is 0.173. The van der Waals surface area contributed by atoms with E-state index in [0.29, 0.717) is 13.1 Å². The van der Waals surface area contributed by atoms with Gasteiger partial charge in [-0.3, -0.25) is 9.69 Å². The zero-order valence-corrected chi connectivity index (χ0v) is 8.83. The Morgan fingerprint density at radius 3 is 2.79 bits per heavy atom. The molecule has 1 heterocycles. The number of rotatable bonds is 4. The highest BCUT2D eigenvalue weighted by molar-refractivity contribution is 5.78. The Balaban J connectivity index is 2.27. The molecular formula is C10H19N3O. The summed E-state index contributed by atoms with van der Waals surface area (Å²) in [5, 5.41) is 3.26. The molecule has 0 atom stereocenters. The average Bonchev–Trinajstić information content (AvgIpc) is 2.19. The quantitative estimate of drug-likeness (QED) is 0.619. The van der Waals surface area contributed by atoms with E-state index in [4.69, 9.17) is 0 Å². The van der Waals surface area contributed by atoms with Crippen molar-refractivity contribution in [2.24, 2.45) is 0 Å². The summed E-state index contributed by atoms with van der Waals surface area (Å²) in [5.41, 5.74) is 0. The first kappa shape index (κ1) is 11.2. The monoisotopic (exact) mass is 197 g/mol. The van der Waals surface area contributed by atoms with Crippen molar-refractivity contribution >= 4 is 5.91 Å². The second-order valence-corrected chi connectivity index (χ2v) is 3.59. The fourth-order valence-corrected chi connectivity index (χ4v) is 1.48. The third-order valence-electron chi connectivity index (χ3n) is 2.40. The largest absolute Gasteiger partial charge is 0.341 e. The molecule has 0 spiro atoms. The van der Waals surface area contributed by atoms with Gasteiger partial charge in [0.05, 0.1) is 6.54 Å². The number of nitrogens with zero attached hydrogens (tertiary/aromatic N) is 2. The van der Waals surface area contributed by atoms with E-state index in [0.717, 1.165) is 26.2 Å². The predicted molar refractivity (Wildman–Crippen MR) is 57.1 cm³/mol.